The number of benzene rings is 1. The van der Waals surface area contributed by atoms with Crippen molar-refractivity contribution in [3.8, 4) is 0 Å². The van der Waals surface area contributed by atoms with Gasteiger partial charge in [-0.25, -0.2) is 8.42 Å². The van der Waals surface area contributed by atoms with E-state index in [1.165, 1.54) is 4.31 Å². The molecule has 1 saturated heterocycles. The standard InChI is InChI=1S/C23H37N3O4S/c1-8-26(9-2)31(29,30)19-14-16(3)17(4)20(15-19)24-21(27)18-10-12-25(13-11-18)22(28)23(5,6)7/h14-15,18H,8-13H2,1-7H3,(H,24,27). The lowest BCUT2D eigenvalue weighted by Gasteiger charge is -2.35. The van der Waals surface area contributed by atoms with Crippen LogP contribution < -0.4 is 5.32 Å². The molecular weight excluding hydrogens is 414 g/mol. The monoisotopic (exact) mass is 451 g/mol. The van der Waals surface area contributed by atoms with E-state index in [0.717, 1.165) is 11.1 Å². The summed E-state index contributed by atoms with van der Waals surface area (Å²) in [4.78, 5) is 27.4. The molecule has 0 radical (unpaired) electrons. The van der Waals surface area contributed by atoms with E-state index in [2.05, 4.69) is 5.32 Å². The van der Waals surface area contributed by atoms with Crippen molar-refractivity contribution in [2.75, 3.05) is 31.5 Å². The molecule has 0 atom stereocenters. The number of hydrogen-bond acceptors (Lipinski definition) is 4. The summed E-state index contributed by atoms with van der Waals surface area (Å²) in [6.45, 7) is 14.9. The minimum absolute atomic E-state index is 0.104. The van der Waals surface area contributed by atoms with Gasteiger partial charge in [-0.05, 0) is 49.9 Å². The van der Waals surface area contributed by atoms with Gasteiger partial charge in [0, 0.05) is 43.2 Å². The SMILES string of the molecule is CCN(CC)S(=O)(=O)c1cc(C)c(C)c(NC(=O)C2CCN(C(=O)C(C)(C)C)CC2)c1. The largest absolute Gasteiger partial charge is 0.342 e. The van der Waals surface area contributed by atoms with Gasteiger partial charge in [-0.1, -0.05) is 34.6 Å². The summed E-state index contributed by atoms with van der Waals surface area (Å²) >= 11 is 0. The van der Waals surface area contributed by atoms with Crippen molar-refractivity contribution < 1.29 is 18.0 Å². The molecule has 0 spiro atoms. The fraction of sp³-hybridized carbons (Fsp3) is 0.652. The van der Waals surface area contributed by atoms with Crippen LogP contribution in [-0.2, 0) is 19.6 Å². The van der Waals surface area contributed by atoms with Crippen LogP contribution in [0.25, 0.3) is 0 Å². The molecule has 0 aliphatic carbocycles. The van der Waals surface area contributed by atoms with Gasteiger partial charge in [0.2, 0.25) is 21.8 Å². The highest BCUT2D eigenvalue weighted by Gasteiger charge is 2.32. The molecule has 0 saturated carbocycles. The fourth-order valence-corrected chi connectivity index (χ4v) is 5.44. The summed E-state index contributed by atoms with van der Waals surface area (Å²) in [5, 5.41) is 2.96. The summed E-state index contributed by atoms with van der Waals surface area (Å²) in [6.07, 6.45) is 1.20. The first-order valence-electron chi connectivity index (χ1n) is 11.0. The molecule has 7 nitrogen and oxygen atoms in total. The lowest BCUT2D eigenvalue weighted by Crippen LogP contribution is -2.45. The van der Waals surface area contributed by atoms with Gasteiger partial charge in [0.25, 0.3) is 0 Å². The number of nitrogens with one attached hydrogen (secondary N) is 1. The number of carbonyl (C=O) groups is 2. The highest BCUT2D eigenvalue weighted by atomic mass is 32.2. The third kappa shape index (κ3) is 5.66. The quantitative estimate of drug-likeness (QED) is 0.716. The number of amides is 2. The maximum absolute atomic E-state index is 13.0. The highest BCUT2D eigenvalue weighted by molar-refractivity contribution is 7.89. The van der Waals surface area contributed by atoms with Gasteiger partial charge >= 0.3 is 0 Å². The van der Waals surface area contributed by atoms with Crippen LogP contribution in [0.1, 0.15) is 58.6 Å². The molecule has 1 aliphatic rings. The Morgan fingerprint density at radius 2 is 1.65 bits per heavy atom. The molecular formula is C23H37N3O4S. The van der Waals surface area contributed by atoms with Crippen LogP contribution in [0.5, 0.6) is 0 Å². The van der Waals surface area contributed by atoms with Crippen molar-refractivity contribution in [1.82, 2.24) is 9.21 Å². The van der Waals surface area contributed by atoms with Gasteiger partial charge in [0.15, 0.2) is 0 Å². The number of piperidine rings is 1. The predicted molar refractivity (Wildman–Crippen MR) is 123 cm³/mol. The second-order valence-corrected chi connectivity index (χ2v) is 11.2. The number of carbonyl (C=O) groups excluding carboxylic acids is 2. The lowest BCUT2D eigenvalue weighted by atomic mass is 9.90. The third-order valence-electron chi connectivity index (χ3n) is 6.04. The molecule has 1 aliphatic heterocycles. The van der Waals surface area contributed by atoms with E-state index in [-0.39, 0.29) is 22.6 Å². The summed E-state index contributed by atoms with van der Waals surface area (Å²) in [6, 6.07) is 3.22. The van der Waals surface area contributed by atoms with E-state index in [0.29, 0.717) is 44.7 Å². The molecule has 174 valence electrons. The minimum atomic E-state index is -3.62. The van der Waals surface area contributed by atoms with E-state index in [4.69, 9.17) is 0 Å². The molecule has 2 rings (SSSR count). The molecule has 0 aromatic heterocycles. The highest BCUT2D eigenvalue weighted by Crippen LogP contribution is 2.28. The van der Waals surface area contributed by atoms with Crippen LogP contribution in [0.2, 0.25) is 0 Å². The van der Waals surface area contributed by atoms with Gasteiger partial charge in [-0.3, -0.25) is 9.59 Å². The van der Waals surface area contributed by atoms with E-state index in [1.54, 1.807) is 12.1 Å². The summed E-state index contributed by atoms with van der Waals surface area (Å²) in [5.74, 6) is -0.221. The molecule has 1 heterocycles. The van der Waals surface area contributed by atoms with Gasteiger partial charge in [0.1, 0.15) is 0 Å². The summed E-state index contributed by atoms with van der Waals surface area (Å²) < 4.78 is 27.3. The Balaban J connectivity index is 2.17. The molecule has 1 aromatic rings. The van der Waals surface area contributed by atoms with Gasteiger partial charge in [-0.2, -0.15) is 4.31 Å². The first-order valence-corrected chi connectivity index (χ1v) is 12.5. The van der Waals surface area contributed by atoms with Crippen LogP contribution in [0.3, 0.4) is 0 Å². The molecule has 8 heteroatoms. The Labute approximate surface area is 187 Å². The van der Waals surface area contributed by atoms with Crippen LogP contribution >= 0.6 is 0 Å². The number of nitrogens with zero attached hydrogens (tertiary/aromatic N) is 2. The molecule has 2 amide bonds. The van der Waals surface area contributed by atoms with Crippen LogP contribution in [-0.4, -0.2) is 55.6 Å². The zero-order valence-corrected chi connectivity index (χ0v) is 20.7. The Bertz CT molecular complexity index is 923. The average Bonchev–Trinajstić information content (AvgIpc) is 2.70. The molecule has 1 fully saturated rings. The zero-order chi connectivity index (χ0) is 23.6. The smallest absolute Gasteiger partial charge is 0.243 e. The maximum Gasteiger partial charge on any atom is 0.243 e. The summed E-state index contributed by atoms with van der Waals surface area (Å²) in [7, 11) is -3.62. The zero-order valence-electron chi connectivity index (χ0n) is 19.9. The topological polar surface area (TPSA) is 86.8 Å². The Morgan fingerprint density at radius 3 is 2.13 bits per heavy atom. The van der Waals surface area contributed by atoms with Crippen molar-refractivity contribution in [3.63, 3.8) is 0 Å². The number of sulfonamides is 1. The minimum Gasteiger partial charge on any atom is -0.342 e. The van der Waals surface area contributed by atoms with Gasteiger partial charge in [-0.15, -0.1) is 0 Å². The molecule has 0 unspecified atom stereocenters. The van der Waals surface area contributed by atoms with Gasteiger partial charge in [0.05, 0.1) is 4.90 Å². The summed E-state index contributed by atoms with van der Waals surface area (Å²) in [5.41, 5.74) is 1.77. The van der Waals surface area contributed by atoms with Crippen LogP contribution in [0, 0.1) is 25.2 Å². The van der Waals surface area contributed by atoms with E-state index in [1.807, 2.05) is 53.4 Å². The van der Waals surface area contributed by atoms with E-state index < -0.39 is 15.4 Å². The van der Waals surface area contributed by atoms with Crippen molar-refractivity contribution in [3.05, 3.63) is 23.3 Å². The third-order valence-corrected chi connectivity index (χ3v) is 8.06. The normalized spacial score (nSPS) is 15.9. The van der Waals surface area contributed by atoms with E-state index >= 15 is 0 Å². The molecule has 31 heavy (non-hydrogen) atoms. The average molecular weight is 452 g/mol. The first-order chi connectivity index (χ1) is 14.3. The maximum atomic E-state index is 13.0. The lowest BCUT2D eigenvalue weighted by molar-refractivity contribution is -0.142. The predicted octanol–water partition coefficient (Wildman–Crippen LogP) is 3.56. The van der Waals surface area contributed by atoms with Crippen molar-refractivity contribution in [2.24, 2.45) is 11.3 Å². The van der Waals surface area contributed by atoms with Crippen molar-refractivity contribution in [1.29, 1.82) is 0 Å². The second kappa shape index (κ2) is 9.69. The number of likely N-dealkylation sites (tertiary alicyclic amines) is 1. The van der Waals surface area contributed by atoms with Crippen LogP contribution in [0.15, 0.2) is 17.0 Å². The van der Waals surface area contributed by atoms with Gasteiger partial charge < -0.3 is 10.2 Å². The second-order valence-electron chi connectivity index (χ2n) is 9.31. The number of aryl methyl sites for hydroxylation is 1. The molecule has 1 aromatic carbocycles. The molecule has 0 bridgehead atoms. The Kier molecular flexibility index (Phi) is 7.92. The Morgan fingerprint density at radius 1 is 1.10 bits per heavy atom. The number of rotatable bonds is 6. The van der Waals surface area contributed by atoms with E-state index in [9.17, 15) is 18.0 Å². The van der Waals surface area contributed by atoms with Crippen molar-refractivity contribution >= 4 is 27.5 Å². The first kappa shape index (κ1) is 25.3. The van der Waals surface area contributed by atoms with Crippen molar-refractivity contribution in [2.45, 2.75) is 66.2 Å². The number of anilines is 1. The molecule has 1 N–H and O–H groups in total. The Hall–Kier alpha value is -1.93. The fourth-order valence-electron chi connectivity index (χ4n) is 3.87. The number of hydrogen-bond donors (Lipinski definition) is 1. The van der Waals surface area contributed by atoms with Crippen LogP contribution in [0.4, 0.5) is 5.69 Å².